The van der Waals surface area contributed by atoms with Gasteiger partial charge in [0.2, 0.25) is 0 Å². The lowest BCUT2D eigenvalue weighted by atomic mass is 10.1. The van der Waals surface area contributed by atoms with E-state index in [-0.39, 0.29) is 12.6 Å². The number of nitrogens with one attached hydrogen (secondary N) is 2. The van der Waals surface area contributed by atoms with Crippen LogP contribution >= 0.6 is 0 Å². The lowest BCUT2D eigenvalue weighted by Gasteiger charge is -2.08. The number of carbonyl (C=O) groups excluding carboxylic acids is 1. The van der Waals surface area contributed by atoms with Crippen LogP contribution in [0.2, 0.25) is 0 Å². The van der Waals surface area contributed by atoms with Gasteiger partial charge in [0.05, 0.1) is 5.69 Å². The Bertz CT molecular complexity index is 672. The molecule has 0 fully saturated rings. The van der Waals surface area contributed by atoms with Gasteiger partial charge in [0.25, 0.3) is 0 Å². The largest absolute Gasteiger partial charge is 0.396 e. The van der Waals surface area contributed by atoms with Crippen LogP contribution in [-0.2, 0) is 0 Å². The van der Waals surface area contributed by atoms with Crippen LogP contribution in [0.5, 0.6) is 0 Å². The molecule has 3 N–H and O–H groups in total. The Kier molecular flexibility index (Phi) is 6.03. The first-order chi connectivity index (χ1) is 10.8. The summed E-state index contributed by atoms with van der Waals surface area (Å²) in [5, 5.41) is 14.1. The van der Waals surface area contributed by atoms with Gasteiger partial charge in [0, 0.05) is 24.3 Å². The normalized spacial score (nSPS) is 9.50. The number of aliphatic hydroxyl groups is 1. The van der Waals surface area contributed by atoms with Gasteiger partial charge in [-0.25, -0.2) is 4.79 Å². The van der Waals surface area contributed by atoms with Crippen molar-refractivity contribution in [3.8, 4) is 11.8 Å². The van der Waals surface area contributed by atoms with Crippen molar-refractivity contribution < 1.29 is 9.90 Å². The monoisotopic (exact) mass is 294 g/mol. The molecule has 22 heavy (non-hydrogen) atoms. The second-order valence-corrected chi connectivity index (χ2v) is 4.62. The van der Waals surface area contributed by atoms with Crippen molar-refractivity contribution in [2.24, 2.45) is 0 Å². The number of aliphatic hydroxyl groups excluding tert-OH is 1. The fourth-order valence-corrected chi connectivity index (χ4v) is 1.81. The molecule has 2 aromatic carbocycles. The van der Waals surface area contributed by atoms with E-state index in [2.05, 4.69) is 22.5 Å². The van der Waals surface area contributed by atoms with Crippen LogP contribution in [0, 0.1) is 11.8 Å². The maximum atomic E-state index is 11.8. The number of amides is 2. The van der Waals surface area contributed by atoms with Crippen molar-refractivity contribution >= 4 is 11.7 Å². The highest BCUT2D eigenvalue weighted by Crippen LogP contribution is 2.13. The van der Waals surface area contributed by atoms with Crippen LogP contribution in [0.3, 0.4) is 0 Å². The first-order valence-electron chi connectivity index (χ1n) is 7.11. The summed E-state index contributed by atoms with van der Waals surface area (Å²) in [6.45, 7) is 0.486. The summed E-state index contributed by atoms with van der Waals surface area (Å²) in [7, 11) is 0. The molecule has 2 rings (SSSR count). The fourth-order valence-electron chi connectivity index (χ4n) is 1.81. The Balaban J connectivity index is 2.07. The van der Waals surface area contributed by atoms with E-state index in [0.29, 0.717) is 18.7 Å². The Morgan fingerprint density at radius 3 is 2.50 bits per heavy atom. The van der Waals surface area contributed by atoms with E-state index in [0.717, 1.165) is 11.1 Å². The standard InChI is InChI=1S/C18H18N2O2/c21-14-6-13-19-18(22)20-17-10-5-4-9-16(17)12-11-15-7-2-1-3-8-15/h1-5,7-10,21H,6,13-14H2,(H2,19,20,22). The van der Waals surface area contributed by atoms with Gasteiger partial charge < -0.3 is 15.7 Å². The van der Waals surface area contributed by atoms with E-state index in [9.17, 15) is 4.79 Å². The van der Waals surface area contributed by atoms with Crippen molar-refractivity contribution in [3.63, 3.8) is 0 Å². The summed E-state index contributed by atoms with van der Waals surface area (Å²) < 4.78 is 0. The zero-order valence-corrected chi connectivity index (χ0v) is 12.2. The summed E-state index contributed by atoms with van der Waals surface area (Å²) in [6, 6.07) is 16.8. The van der Waals surface area contributed by atoms with Gasteiger partial charge in [0.1, 0.15) is 0 Å². The van der Waals surface area contributed by atoms with Crippen LogP contribution in [0.15, 0.2) is 54.6 Å². The predicted molar refractivity (Wildman–Crippen MR) is 87.6 cm³/mol. The second kappa shape index (κ2) is 8.50. The Morgan fingerprint density at radius 1 is 1.00 bits per heavy atom. The number of hydrogen-bond donors (Lipinski definition) is 3. The molecule has 4 heteroatoms. The van der Waals surface area contributed by atoms with Gasteiger partial charge in [-0.1, -0.05) is 42.2 Å². The molecule has 0 heterocycles. The molecule has 4 nitrogen and oxygen atoms in total. The number of anilines is 1. The van der Waals surface area contributed by atoms with Gasteiger partial charge in [-0.15, -0.1) is 0 Å². The van der Waals surface area contributed by atoms with Crippen molar-refractivity contribution in [2.45, 2.75) is 6.42 Å². The number of carbonyl (C=O) groups is 1. The topological polar surface area (TPSA) is 61.4 Å². The van der Waals surface area contributed by atoms with Crippen LogP contribution in [0.25, 0.3) is 0 Å². The van der Waals surface area contributed by atoms with Gasteiger partial charge in [-0.05, 0) is 30.7 Å². The maximum absolute atomic E-state index is 11.8. The maximum Gasteiger partial charge on any atom is 0.319 e. The predicted octanol–water partition coefficient (Wildman–Crippen LogP) is 2.59. The molecule has 0 aliphatic rings. The third kappa shape index (κ3) is 4.97. The van der Waals surface area contributed by atoms with Crippen molar-refractivity contribution in [1.82, 2.24) is 5.32 Å². The summed E-state index contributed by atoms with van der Waals surface area (Å²) in [4.78, 5) is 11.8. The van der Waals surface area contributed by atoms with Crippen molar-refractivity contribution in [1.29, 1.82) is 0 Å². The number of para-hydroxylation sites is 1. The smallest absolute Gasteiger partial charge is 0.319 e. The first-order valence-corrected chi connectivity index (χ1v) is 7.11. The minimum Gasteiger partial charge on any atom is -0.396 e. The molecule has 0 aliphatic carbocycles. The van der Waals surface area contributed by atoms with E-state index in [1.54, 1.807) is 6.07 Å². The fraction of sp³-hybridized carbons (Fsp3) is 0.167. The number of urea groups is 1. The van der Waals surface area contributed by atoms with Gasteiger partial charge in [0.15, 0.2) is 0 Å². The van der Waals surface area contributed by atoms with Crippen molar-refractivity contribution in [3.05, 3.63) is 65.7 Å². The third-order valence-corrected chi connectivity index (χ3v) is 2.91. The zero-order chi connectivity index (χ0) is 15.6. The summed E-state index contributed by atoms with van der Waals surface area (Å²) in [6.07, 6.45) is 0.531. The third-order valence-electron chi connectivity index (χ3n) is 2.91. The molecule has 0 saturated heterocycles. The molecular formula is C18H18N2O2. The Hall–Kier alpha value is -2.77. The summed E-state index contributed by atoms with van der Waals surface area (Å²) >= 11 is 0. The molecule has 0 saturated carbocycles. The molecule has 2 amide bonds. The lowest BCUT2D eigenvalue weighted by Crippen LogP contribution is -2.30. The van der Waals surface area contributed by atoms with Crippen LogP contribution in [-0.4, -0.2) is 24.3 Å². The Morgan fingerprint density at radius 2 is 1.73 bits per heavy atom. The summed E-state index contributed by atoms with van der Waals surface area (Å²) in [5.41, 5.74) is 2.33. The molecule has 0 bridgehead atoms. The average Bonchev–Trinajstić information content (AvgIpc) is 2.55. The van der Waals surface area contributed by atoms with Gasteiger partial charge in [-0.2, -0.15) is 0 Å². The lowest BCUT2D eigenvalue weighted by molar-refractivity contribution is 0.249. The van der Waals surface area contributed by atoms with E-state index in [4.69, 9.17) is 5.11 Å². The minimum absolute atomic E-state index is 0.0550. The molecular weight excluding hydrogens is 276 g/mol. The van der Waals surface area contributed by atoms with E-state index in [1.165, 1.54) is 0 Å². The molecule has 0 aliphatic heterocycles. The molecule has 112 valence electrons. The molecule has 0 spiro atoms. The highest BCUT2D eigenvalue weighted by Gasteiger charge is 2.04. The molecule has 0 unspecified atom stereocenters. The van der Waals surface area contributed by atoms with Gasteiger partial charge >= 0.3 is 6.03 Å². The quantitative estimate of drug-likeness (QED) is 0.599. The molecule has 0 atom stereocenters. The van der Waals surface area contributed by atoms with Crippen LogP contribution in [0.1, 0.15) is 17.5 Å². The average molecular weight is 294 g/mol. The SMILES string of the molecule is O=C(NCCCO)Nc1ccccc1C#Cc1ccccc1. The van der Waals surface area contributed by atoms with E-state index < -0.39 is 0 Å². The van der Waals surface area contributed by atoms with Crippen molar-refractivity contribution in [2.75, 3.05) is 18.5 Å². The van der Waals surface area contributed by atoms with E-state index >= 15 is 0 Å². The number of hydrogen-bond acceptors (Lipinski definition) is 2. The number of rotatable bonds is 4. The van der Waals surface area contributed by atoms with Crippen LogP contribution < -0.4 is 10.6 Å². The highest BCUT2D eigenvalue weighted by atomic mass is 16.3. The summed E-state index contributed by atoms with van der Waals surface area (Å²) in [5.74, 6) is 6.14. The first kappa shape index (κ1) is 15.6. The molecule has 0 aromatic heterocycles. The minimum atomic E-state index is -0.303. The van der Waals surface area contributed by atoms with Gasteiger partial charge in [-0.3, -0.25) is 0 Å². The molecule has 0 radical (unpaired) electrons. The zero-order valence-electron chi connectivity index (χ0n) is 12.2. The van der Waals surface area contributed by atoms with E-state index in [1.807, 2.05) is 48.5 Å². The number of benzene rings is 2. The Labute approximate surface area is 130 Å². The molecule has 2 aromatic rings. The second-order valence-electron chi connectivity index (χ2n) is 4.62. The van der Waals surface area contributed by atoms with Crippen LogP contribution in [0.4, 0.5) is 10.5 Å². The highest BCUT2D eigenvalue weighted by molar-refractivity contribution is 5.90.